The van der Waals surface area contributed by atoms with Crippen LogP contribution in [0.25, 0.3) is 0 Å². The minimum absolute atomic E-state index is 0.590. The van der Waals surface area contributed by atoms with Crippen LogP contribution >= 0.6 is 11.8 Å². The van der Waals surface area contributed by atoms with Crippen molar-refractivity contribution >= 4 is 11.8 Å². The van der Waals surface area contributed by atoms with E-state index in [2.05, 4.69) is 6.07 Å². The summed E-state index contributed by atoms with van der Waals surface area (Å²) in [7, 11) is 0. The van der Waals surface area contributed by atoms with Gasteiger partial charge in [-0.15, -0.1) is 11.8 Å². The van der Waals surface area contributed by atoms with Gasteiger partial charge in [-0.05, 0) is 25.3 Å². The Labute approximate surface area is 82.5 Å². The van der Waals surface area contributed by atoms with E-state index in [4.69, 9.17) is 10.00 Å². The molecular formula is C10H11NOS. The lowest BCUT2D eigenvalue weighted by molar-refractivity contribution is 0.338. The van der Waals surface area contributed by atoms with Crippen LogP contribution in [0.15, 0.2) is 23.1 Å². The highest BCUT2D eigenvalue weighted by Gasteiger charge is 2.06. The fourth-order valence-electron chi connectivity index (χ4n) is 1.07. The van der Waals surface area contributed by atoms with Crippen molar-refractivity contribution in [3.63, 3.8) is 0 Å². The van der Waals surface area contributed by atoms with Gasteiger partial charge in [0.2, 0.25) is 0 Å². The minimum atomic E-state index is 0.590. The standard InChI is InChI=1S/C10H11NOS/c1-3-12-9-5-4-6-10(13-2)8(9)7-11/h4-6H,3H2,1-2H3. The van der Waals surface area contributed by atoms with E-state index in [-0.39, 0.29) is 0 Å². The van der Waals surface area contributed by atoms with Gasteiger partial charge in [-0.25, -0.2) is 0 Å². The summed E-state index contributed by atoms with van der Waals surface area (Å²) in [6.45, 7) is 2.50. The van der Waals surface area contributed by atoms with Crippen LogP contribution in [0.5, 0.6) is 5.75 Å². The molecule has 0 aliphatic heterocycles. The Hall–Kier alpha value is -1.14. The topological polar surface area (TPSA) is 33.0 Å². The van der Waals surface area contributed by atoms with Gasteiger partial charge >= 0.3 is 0 Å². The van der Waals surface area contributed by atoms with Gasteiger partial charge in [-0.1, -0.05) is 6.07 Å². The maximum absolute atomic E-state index is 8.91. The van der Waals surface area contributed by atoms with Crippen LogP contribution in [-0.4, -0.2) is 12.9 Å². The Morgan fingerprint density at radius 1 is 1.54 bits per heavy atom. The third kappa shape index (κ3) is 2.16. The van der Waals surface area contributed by atoms with Crippen molar-refractivity contribution in [3.8, 4) is 11.8 Å². The Morgan fingerprint density at radius 3 is 2.85 bits per heavy atom. The second-order valence-corrected chi connectivity index (χ2v) is 3.23. The molecule has 0 bridgehead atoms. The molecule has 1 aromatic rings. The number of benzene rings is 1. The van der Waals surface area contributed by atoms with Gasteiger partial charge in [0.25, 0.3) is 0 Å². The molecule has 0 aliphatic carbocycles. The second kappa shape index (κ2) is 4.78. The number of hydrogen-bond donors (Lipinski definition) is 0. The summed E-state index contributed by atoms with van der Waals surface area (Å²) in [5.74, 6) is 0.678. The van der Waals surface area contributed by atoms with Gasteiger partial charge in [0.05, 0.1) is 6.61 Å². The molecule has 13 heavy (non-hydrogen) atoms. The number of rotatable bonds is 3. The van der Waals surface area contributed by atoms with Crippen molar-refractivity contribution < 1.29 is 4.74 Å². The van der Waals surface area contributed by atoms with Crippen LogP contribution in [-0.2, 0) is 0 Å². The Bertz CT molecular complexity index is 330. The molecule has 0 spiro atoms. The van der Waals surface area contributed by atoms with E-state index in [0.717, 1.165) is 4.90 Å². The molecule has 0 aliphatic rings. The fourth-order valence-corrected chi connectivity index (χ4v) is 1.63. The van der Waals surface area contributed by atoms with Gasteiger partial charge in [0.15, 0.2) is 0 Å². The molecular weight excluding hydrogens is 182 g/mol. The zero-order valence-corrected chi connectivity index (χ0v) is 8.52. The van der Waals surface area contributed by atoms with Crippen LogP contribution < -0.4 is 4.74 Å². The molecule has 0 atom stereocenters. The lowest BCUT2D eigenvalue weighted by atomic mass is 10.2. The molecule has 1 rings (SSSR count). The first-order valence-corrected chi connectivity index (χ1v) is 5.25. The summed E-state index contributed by atoms with van der Waals surface area (Å²) in [6.07, 6.45) is 1.95. The first kappa shape index (κ1) is 9.94. The number of nitriles is 1. The van der Waals surface area contributed by atoms with Crippen molar-refractivity contribution in [1.29, 1.82) is 5.26 Å². The number of hydrogen-bond acceptors (Lipinski definition) is 3. The molecule has 0 fully saturated rings. The van der Waals surface area contributed by atoms with Gasteiger partial charge in [-0.3, -0.25) is 0 Å². The summed E-state index contributed by atoms with van der Waals surface area (Å²) in [4.78, 5) is 0.966. The summed E-state index contributed by atoms with van der Waals surface area (Å²) in [6, 6.07) is 7.80. The van der Waals surface area contributed by atoms with Crippen LogP contribution in [0.1, 0.15) is 12.5 Å². The van der Waals surface area contributed by atoms with Crippen molar-refractivity contribution in [3.05, 3.63) is 23.8 Å². The molecule has 1 aromatic carbocycles. The van der Waals surface area contributed by atoms with Crippen molar-refractivity contribution in [2.45, 2.75) is 11.8 Å². The number of nitrogens with zero attached hydrogens (tertiary/aromatic N) is 1. The highest BCUT2D eigenvalue weighted by molar-refractivity contribution is 7.98. The van der Waals surface area contributed by atoms with E-state index < -0.39 is 0 Å². The molecule has 3 heteroatoms. The molecule has 0 amide bonds. The van der Waals surface area contributed by atoms with E-state index in [1.54, 1.807) is 11.8 Å². The molecule has 0 radical (unpaired) electrons. The maximum Gasteiger partial charge on any atom is 0.138 e. The van der Waals surface area contributed by atoms with Crippen molar-refractivity contribution in [2.24, 2.45) is 0 Å². The molecule has 0 aromatic heterocycles. The fraction of sp³-hybridized carbons (Fsp3) is 0.300. The molecule has 0 N–H and O–H groups in total. The largest absolute Gasteiger partial charge is 0.492 e. The number of thioether (sulfide) groups is 1. The summed E-state index contributed by atoms with van der Waals surface area (Å²) < 4.78 is 5.33. The summed E-state index contributed by atoms with van der Waals surface area (Å²) in [5, 5.41) is 8.91. The van der Waals surface area contributed by atoms with E-state index in [1.165, 1.54) is 0 Å². The predicted octanol–water partition coefficient (Wildman–Crippen LogP) is 2.68. The summed E-state index contributed by atoms with van der Waals surface area (Å²) in [5.41, 5.74) is 0.636. The Balaban J connectivity index is 3.13. The molecule has 2 nitrogen and oxygen atoms in total. The quantitative estimate of drug-likeness (QED) is 0.692. The zero-order chi connectivity index (χ0) is 9.68. The SMILES string of the molecule is CCOc1cccc(SC)c1C#N. The van der Waals surface area contributed by atoms with Crippen LogP contribution in [0.2, 0.25) is 0 Å². The van der Waals surface area contributed by atoms with Gasteiger partial charge in [-0.2, -0.15) is 5.26 Å². The third-order valence-corrected chi connectivity index (χ3v) is 2.40. The van der Waals surface area contributed by atoms with Crippen LogP contribution in [0, 0.1) is 11.3 Å². The average molecular weight is 193 g/mol. The lowest BCUT2D eigenvalue weighted by Gasteiger charge is -2.07. The monoisotopic (exact) mass is 193 g/mol. The summed E-state index contributed by atoms with van der Waals surface area (Å²) >= 11 is 1.56. The van der Waals surface area contributed by atoms with Gasteiger partial charge < -0.3 is 4.74 Å². The molecule has 68 valence electrons. The minimum Gasteiger partial charge on any atom is -0.492 e. The van der Waals surface area contributed by atoms with E-state index >= 15 is 0 Å². The molecule has 0 saturated heterocycles. The normalized spacial score (nSPS) is 9.31. The van der Waals surface area contributed by atoms with Crippen molar-refractivity contribution in [1.82, 2.24) is 0 Å². The van der Waals surface area contributed by atoms with Gasteiger partial charge in [0, 0.05) is 4.90 Å². The Kier molecular flexibility index (Phi) is 3.66. The highest BCUT2D eigenvalue weighted by atomic mass is 32.2. The van der Waals surface area contributed by atoms with Crippen LogP contribution in [0.3, 0.4) is 0 Å². The first-order valence-electron chi connectivity index (χ1n) is 4.03. The highest BCUT2D eigenvalue weighted by Crippen LogP contribution is 2.27. The Morgan fingerprint density at radius 2 is 2.31 bits per heavy atom. The van der Waals surface area contributed by atoms with Crippen LogP contribution in [0.4, 0.5) is 0 Å². The van der Waals surface area contributed by atoms with E-state index in [0.29, 0.717) is 17.9 Å². The molecule has 0 heterocycles. The lowest BCUT2D eigenvalue weighted by Crippen LogP contribution is -1.95. The molecule has 0 unspecified atom stereocenters. The van der Waals surface area contributed by atoms with E-state index in [1.807, 2.05) is 31.4 Å². The zero-order valence-electron chi connectivity index (χ0n) is 7.70. The van der Waals surface area contributed by atoms with Crippen molar-refractivity contribution in [2.75, 3.05) is 12.9 Å². The second-order valence-electron chi connectivity index (χ2n) is 2.38. The van der Waals surface area contributed by atoms with Gasteiger partial charge in [0.1, 0.15) is 17.4 Å². The molecule has 0 saturated carbocycles. The predicted molar refractivity (Wildman–Crippen MR) is 54.1 cm³/mol. The maximum atomic E-state index is 8.91. The average Bonchev–Trinajstić information content (AvgIpc) is 2.18. The van der Waals surface area contributed by atoms with E-state index in [9.17, 15) is 0 Å². The first-order chi connectivity index (χ1) is 6.33. The third-order valence-electron chi connectivity index (χ3n) is 1.62. The smallest absolute Gasteiger partial charge is 0.138 e. The number of ether oxygens (including phenoxy) is 1.